The first-order chi connectivity index (χ1) is 6.31. The molecule has 0 amide bonds. The van der Waals surface area contributed by atoms with Crippen LogP contribution in [-0.4, -0.2) is 20.4 Å². The summed E-state index contributed by atoms with van der Waals surface area (Å²) in [6.07, 6.45) is 0.877. The molecule has 3 nitrogen and oxygen atoms in total. The van der Waals surface area contributed by atoms with Crippen molar-refractivity contribution in [2.24, 2.45) is 0 Å². The van der Waals surface area contributed by atoms with Gasteiger partial charge in [0.15, 0.2) is 0 Å². The number of carbonyl (C=O) groups is 1. The Balaban J connectivity index is 2.83. The van der Waals surface area contributed by atoms with Gasteiger partial charge in [-0.3, -0.25) is 0 Å². The SMILES string of the molecule is CN[C@H](C=O)c1ccc(OC)cc1. The number of nitrogens with one attached hydrogen (secondary N) is 1. The zero-order chi connectivity index (χ0) is 9.68. The summed E-state index contributed by atoms with van der Waals surface area (Å²) in [5, 5.41) is 2.90. The summed E-state index contributed by atoms with van der Waals surface area (Å²) in [7, 11) is 3.37. The Kier molecular flexibility index (Phi) is 3.46. The topological polar surface area (TPSA) is 38.3 Å². The van der Waals surface area contributed by atoms with Crippen molar-refractivity contribution >= 4 is 6.29 Å². The normalized spacial score (nSPS) is 12.2. The van der Waals surface area contributed by atoms with Crippen LogP contribution in [0.25, 0.3) is 0 Å². The fraction of sp³-hybridized carbons (Fsp3) is 0.300. The number of methoxy groups -OCH3 is 1. The smallest absolute Gasteiger partial charge is 0.141 e. The van der Waals surface area contributed by atoms with E-state index >= 15 is 0 Å². The van der Waals surface area contributed by atoms with E-state index in [4.69, 9.17) is 4.74 Å². The van der Waals surface area contributed by atoms with Gasteiger partial charge in [-0.05, 0) is 24.7 Å². The Morgan fingerprint density at radius 1 is 1.38 bits per heavy atom. The van der Waals surface area contributed by atoms with Gasteiger partial charge in [-0.1, -0.05) is 12.1 Å². The van der Waals surface area contributed by atoms with Crippen LogP contribution < -0.4 is 10.1 Å². The Labute approximate surface area is 77.7 Å². The largest absolute Gasteiger partial charge is 0.497 e. The van der Waals surface area contributed by atoms with E-state index in [1.54, 1.807) is 14.2 Å². The lowest BCUT2D eigenvalue weighted by Gasteiger charge is -2.09. The molecule has 1 aromatic carbocycles. The highest BCUT2D eigenvalue weighted by Crippen LogP contribution is 2.15. The summed E-state index contributed by atoms with van der Waals surface area (Å²) in [6, 6.07) is 7.18. The van der Waals surface area contributed by atoms with Gasteiger partial charge in [0.2, 0.25) is 0 Å². The average Bonchev–Trinajstić information content (AvgIpc) is 2.21. The molecule has 0 heterocycles. The highest BCUT2D eigenvalue weighted by Gasteiger charge is 2.06. The van der Waals surface area contributed by atoms with Crippen molar-refractivity contribution in [3.63, 3.8) is 0 Å². The molecule has 0 spiro atoms. The molecule has 1 aromatic rings. The molecular formula is C10H13NO2. The van der Waals surface area contributed by atoms with Crippen molar-refractivity contribution in [1.29, 1.82) is 0 Å². The van der Waals surface area contributed by atoms with Gasteiger partial charge >= 0.3 is 0 Å². The van der Waals surface area contributed by atoms with Crippen molar-refractivity contribution in [2.45, 2.75) is 6.04 Å². The van der Waals surface area contributed by atoms with E-state index in [1.807, 2.05) is 24.3 Å². The Hall–Kier alpha value is -1.35. The lowest BCUT2D eigenvalue weighted by atomic mass is 10.1. The highest BCUT2D eigenvalue weighted by atomic mass is 16.5. The van der Waals surface area contributed by atoms with Crippen molar-refractivity contribution in [3.05, 3.63) is 29.8 Å². The molecule has 13 heavy (non-hydrogen) atoms. The Morgan fingerprint density at radius 2 is 2.00 bits per heavy atom. The molecular weight excluding hydrogens is 166 g/mol. The van der Waals surface area contributed by atoms with Crippen LogP contribution in [0.5, 0.6) is 5.75 Å². The van der Waals surface area contributed by atoms with E-state index in [0.29, 0.717) is 0 Å². The van der Waals surface area contributed by atoms with Crippen LogP contribution >= 0.6 is 0 Å². The number of ether oxygens (including phenoxy) is 1. The number of benzene rings is 1. The Bertz CT molecular complexity index is 269. The van der Waals surface area contributed by atoms with Crippen molar-refractivity contribution in [1.82, 2.24) is 5.32 Å². The summed E-state index contributed by atoms with van der Waals surface area (Å²) in [5.41, 5.74) is 0.943. The van der Waals surface area contributed by atoms with Gasteiger partial charge in [0.05, 0.1) is 13.2 Å². The molecule has 70 valence electrons. The number of carbonyl (C=O) groups excluding carboxylic acids is 1. The number of rotatable bonds is 4. The number of hydrogen-bond donors (Lipinski definition) is 1. The molecule has 0 aliphatic heterocycles. The minimum Gasteiger partial charge on any atom is -0.497 e. The highest BCUT2D eigenvalue weighted by molar-refractivity contribution is 5.61. The number of likely N-dealkylation sites (N-methyl/N-ethyl adjacent to an activating group) is 1. The van der Waals surface area contributed by atoms with E-state index in [2.05, 4.69) is 5.32 Å². The van der Waals surface area contributed by atoms with Gasteiger partial charge in [-0.25, -0.2) is 0 Å². The van der Waals surface area contributed by atoms with Gasteiger partial charge in [-0.2, -0.15) is 0 Å². The van der Waals surface area contributed by atoms with Crippen LogP contribution in [0.3, 0.4) is 0 Å². The first kappa shape index (κ1) is 9.74. The van der Waals surface area contributed by atoms with Crippen LogP contribution in [0, 0.1) is 0 Å². The van der Waals surface area contributed by atoms with E-state index < -0.39 is 0 Å². The molecule has 0 saturated heterocycles. The van der Waals surface area contributed by atoms with Gasteiger partial charge < -0.3 is 14.8 Å². The average molecular weight is 179 g/mol. The first-order valence-corrected chi connectivity index (χ1v) is 4.08. The van der Waals surface area contributed by atoms with Gasteiger partial charge in [0.25, 0.3) is 0 Å². The Morgan fingerprint density at radius 3 is 2.38 bits per heavy atom. The fourth-order valence-electron chi connectivity index (χ4n) is 1.12. The monoisotopic (exact) mass is 179 g/mol. The molecule has 0 aliphatic carbocycles. The maximum atomic E-state index is 10.6. The van der Waals surface area contributed by atoms with Gasteiger partial charge in [0, 0.05) is 0 Å². The summed E-state index contributed by atoms with van der Waals surface area (Å²) < 4.78 is 5.01. The lowest BCUT2D eigenvalue weighted by molar-refractivity contribution is -0.109. The molecule has 3 heteroatoms. The van der Waals surface area contributed by atoms with E-state index in [-0.39, 0.29) is 6.04 Å². The zero-order valence-corrected chi connectivity index (χ0v) is 7.78. The second kappa shape index (κ2) is 4.62. The maximum Gasteiger partial charge on any atom is 0.141 e. The van der Waals surface area contributed by atoms with Crippen LogP contribution in [0.15, 0.2) is 24.3 Å². The van der Waals surface area contributed by atoms with Crippen LogP contribution in [0.4, 0.5) is 0 Å². The van der Waals surface area contributed by atoms with E-state index in [0.717, 1.165) is 17.6 Å². The first-order valence-electron chi connectivity index (χ1n) is 4.08. The third-order valence-electron chi connectivity index (χ3n) is 1.92. The maximum absolute atomic E-state index is 10.6. The molecule has 0 aliphatic rings. The molecule has 0 bridgehead atoms. The van der Waals surface area contributed by atoms with Crippen LogP contribution in [-0.2, 0) is 4.79 Å². The molecule has 1 rings (SSSR count). The fourth-order valence-corrected chi connectivity index (χ4v) is 1.12. The van der Waals surface area contributed by atoms with Gasteiger partial charge in [0.1, 0.15) is 12.0 Å². The summed E-state index contributed by atoms with van der Waals surface area (Å²) in [6.45, 7) is 0. The second-order valence-corrected chi connectivity index (χ2v) is 2.68. The standard InChI is InChI=1S/C10H13NO2/c1-11-10(7-12)8-3-5-9(13-2)6-4-8/h3-7,10-11H,1-2H3/t10-/m1/s1. The zero-order valence-electron chi connectivity index (χ0n) is 7.78. The van der Waals surface area contributed by atoms with Crippen molar-refractivity contribution in [3.8, 4) is 5.75 Å². The molecule has 0 unspecified atom stereocenters. The van der Waals surface area contributed by atoms with Crippen LogP contribution in [0.1, 0.15) is 11.6 Å². The van der Waals surface area contributed by atoms with Gasteiger partial charge in [-0.15, -0.1) is 0 Å². The lowest BCUT2D eigenvalue weighted by Crippen LogP contribution is -2.17. The third kappa shape index (κ3) is 2.29. The van der Waals surface area contributed by atoms with Crippen molar-refractivity contribution < 1.29 is 9.53 Å². The molecule has 0 radical (unpaired) electrons. The molecule has 1 N–H and O–H groups in total. The third-order valence-corrected chi connectivity index (χ3v) is 1.92. The molecule has 0 fully saturated rings. The second-order valence-electron chi connectivity index (χ2n) is 2.68. The van der Waals surface area contributed by atoms with E-state index in [1.165, 1.54) is 0 Å². The predicted octanol–water partition coefficient (Wildman–Crippen LogP) is 1.15. The summed E-state index contributed by atoms with van der Waals surface area (Å²) >= 11 is 0. The molecule has 1 atom stereocenters. The molecule has 0 saturated carbocycles. The van der Waals surface area contributed by atoms with Crippen molar-refractivity contribution in [2.75, 3.05) is 14.2 Å². The minimum atomic E-state index is -0.231. The minimum absolute atomic E-state index is 0.231. The molecule has 0 aromatic heterocycles. The number of hydrogen-bond acceptors (Lipinski definition) is 3. The summed E-state index contributed by atoms with van der Waals surface area (Å²) in [4.78, 5) is 10.6. The predicted molar refractivity (Wildman–Crippen MR) is 50.9 cm³/mol. The summed E-state index contributed by atoms with van der Waals surface area (Å²) in [5.74, 6) is 0.796. The van der Waals surface area contributed by atoms with E-state index in [9.17, 15) is 4.79 Å². The number of aldehydes is 1. The quantitative estimate of drug-likeness (QED) is 0.705. The van der Waals surface area contributed by atoms with Crippen LogP contribution in [0.2, 0.25) is 0 Å².